The van der Waals surface area contributed by atoms with Crippen LogP contribution in [-0.4, -0.2) is 19.7 Å². The molecule has 0 saturated carbocycles. The Morgan fingerprint density at radius 2 is 2.15 bits per heavy atom. The molecule has 0 radical (unpaired) electrons. The average molecular weight is 179 g/mol. The monoisotopic (exact) mass is 179 g/mol. The third kappa shape index (κ3) is 3.25. The standard InChI is InChI=1S/C10H13NO2/c1-13-10(11-8-12)7-9-5-3-2-4-6-9/h2-6,8,10H,7H2,1H3,(H,11,12). The minimum Gasteiger partial charge on any atom is -0.361 e. The molecule has 0 aliphatic carbocycles. The first-order valence-electron chi connectivity index (χ1n) is 4.13. The van der Waals surface area contributed by atoms with Gasteiger partial charge in [0.1, 0.15) is 6.23 Å². The quantitative estimate of drug-likeness (QED) is 0.540. The number of nitrogens with one attached hydrogen (secondary N) is 1. The molecule has 0 fully saturated rings. The zero-order chi connectivity index (χ0) is 9.52. The molecule has 1 aromatic carbocycles. The van der Waals surface area contributed by atoms with Crippen LogP contribution in [-0.2, 0) is 16.0 Å². The number of hydrogen-bond donors (Lipinski definition) is 1. The highest BCUT2D eigenvalue weighted by atomic mass is 16.5. The minimum atomic E-state index is -0.236. The predicted octanol–water partition coefficient (Wildman–Crippen LogP) is 0.948. The average Bonchev–Trinajstić information content (AvgIpc) is 2.19. The van der Waals surface area contributed by atoms with Gasteiger partial charge in [-0.2, -0.15) is 0 Å². The summed E-state index contributed by atoms with van der Waals surface area (Å²) >= 11 is 0. The molecule has 0 aromatic heterocycles. The molecule has 1 unspecified atom stereocenters. The topological polar surface area (TPSA) is 38.3 Å². The fourth-order valence-electron chi connectivity index (χ4n) is 1.11. The molecule has 1 atom stereocenters. The zero-order valence-electron chi connectivity index (χ0n) is 7.57. The van der Waals surface area contributed by atoms with Gasteiger partial charge in [-0.3, -0.25) is 4.79 Å². The van der Waals surface area contributed by atoms with Gasteiger partial charge in [0, 0.05) is 13.5 Å². The van der Waals surface area contributed by atoms with Crippen LogP contribution in [0.1, 0.15) is 5.56 Å². The van der Waals surface area contributed by atoms with E-state index in [4.69, 9.17) is 4.74 Å². The van der Waals surface area contributed by atoms with Gasteiger partial charge >= 0.3 is 0 Å². The highest BCUT2D eigenvalue weighted by Gasteiger charge is 2.05. The van der Waals surface area contributed by atoms with Crippen molar-refractivity contribution in [2.75, 3.05) is 7.11 Å². The zero-order valence-corrected chi connectivity index (χ0v) is 7.57. The lowest BCUT2D eigenvalue weighted by Gasteiger charge is -2.13. The van der Waals surface area contributed by atoms with Crippen molar-refractivity contribution in [2.24, 2.45) is 0 Å². The molecule has 0 aliphatic heterocycles. The third-order valence-electron chi connectivity index (χ3n) is 1.80. The number of ether oxygens (including phenoxy) is 1. The Kier molecular flexibility index (Phi) is 3.99. The Labute approximate surface area is 77.7 Å². The summed E-state index contributed by atoms with van der Waals surface area (Å²) in [5.74, 6) is 0. The lowest BCUT2D eigenvalue weighted by molar-refractivity contribution is -0.112. The van der Waals surface area contributed by atoms with Crippen LogP contribution in [0.25, 0.3) is 0 Å². The molecule has 1 aromatic rings. The molecule has 3 heteroatoms. The second-order valence-electron chi connectivity index (χ2n) is 2.70. The molecular formula is C10H13NO2. The third-order valence-corrected chi connectivity index (χ3v) is 1.80. The summed E-state index contributed by atoms with van der Waals surface area (Å²) < 4.78 is 5.05. The molecule has 3 nitrogen and oxygen atoms in total. The minimum absolute atomic E-state index is 0.236. The molecule has 1 amide bonds. The summed E-state index contributed by atoms with van der Waals surface area (Å²) in [7, 11) is 1.57. The fourth-order valence-corrected chi connectivity index (χ4v) is 1.11. The van der Waals surface area contributed by atoms with E-state index >= 15 is 0 Å². The Bertz CT molecular complexity index is 248. The van der Waals surface area contributed by atoms with Crippen molar-refractivity contribution >= 4 is 6.41 Å². The maximum Gasteiger partial charge on any atom is 0.209 e. The highest BCUT2D eigenvalue weighted by Crippen LogP contribution is 2.02. The number of benzene rings is 1. The summed E-state index contributed by atoms with van der Waals surface area (Å²) in [5, 5.41) is 2.58. The van der Waals surface area contributed by atoms with E-state index in [9.17, 15) is 4.79 Å². The molecule has 70 valence electrons. The molecule has 0 bridgehead atoms. The van der Waals surface area contributed by atoms with E-state index in [1.165, 1.54) is 0 Å². The normalized spacial score (nSPS) is 12.1. The van der Waals surface area contributed by atoms with Crippen molar-refractivity contribution in [3.63, 3.8) is 0 Å². The van der Waals surface area contributed by atoms with Gasteiger partial charge in [0.25, 0.3) is 0 Å². The Morgan fingerprint density at radius 1 is 1.46 bits per heavy atom. The summed E-state index contributed by atoms with van der Waals surface area (Å²) in [4.78, 5) is 10.2. The van der Waals surface area contributed by atoms with E-state index < -0.39 is 0 Å². The van der Waals surface area contributed by atoms with Crippen molar-refractivity contribution < 1.29 is 9.53 Å². The number of rotatable bonds is 5. The Hall–Kier alpha value is -1.35. The van der Waals surface area contributed by atoms with Gasteiger partial charge in [0.15, 0.2) is 0 Å². The van der Waals surface area contributed by atoms with E-state index in [-0.39, 0.29) is 6.23 Å². The van der Waals surface area contributed by atoms with E-state index in [1.807, 2.05) is 30.3 Å². The molecule has 0 spiro atoms. The van der Waals surface area contributed by atoms with E-state index in [0.717, 1.165) is 5.56 Å². The van der Waals surface area contributed by atoms with Gasteiger partial charge in [-0.15, -0.1) is 0 Å². The van der Waals surface area contributed by atoms with Crippen LogP contribution in [0.15, 0.2) is 30.3 Å². The summed E-state index contributed by atoms with van der Waals surface area (Å²) in [6.07, 6.45) is 1.10. The van der Waals surface area contributed by atoms with Gasteiger partial charge in [0.05, 0.1) is 0 Å². The van der Waals surface area contributed by atoms with Gasteiger partial charge in [-0.1, -0.05) is 30.3 Å². The van der Waals surface area contributed by atoms with E-state index in [2.05, 4.69) is 5.32 Å². The first-order chi connectivity index (χ1) is 6.36. The summed E-state index contributed by atoms with van der Waals surface area (Å²) in [6, 6.07) is 9.88. The Morgan fingerprint density at radius 3 is 2.69 bits per heavy atom. The molecular weight excluding hydrogens is 166 g/mol. The smallest absolute Gasteiger partial charge is 0.209 e. The lowest BCUT2D eigenvalue weighted by atomic mass is 10.1. The van der Waals surface area contributed by atoms with Gasteiger partial charge in [-0.05, 0) is 5.56 Å². The maximum atomic E-state index is 10.2. The lowest BCUT2D eigenvalue weighted by Crippen LogP contribution is -2.31. The molecule has 0 saturated heterocycles. The van der Waals surface area contributed by atoms with Crippen LogP contribution in [0.4, 0.5) is 0 Å². The summed E-state index contributed by atoms with van der Waals surface area (Å²) in [5.41, 5.74) is 1.14. The van der Waals surface area contributed by atoms with Crippen LogP contribution < -0.4 is 5.32 Å². The van der Waals surface area contributed by atoms with Crippen LogP contribution in [0, 0.1) is 0 Å². The molecule has 0 aliphatic rings. The second kappa shape index (κ2) is 5.32. The number of carbonyl (C=O) groups is 1. The van der Waals surface area contributed by atoms with Crippen LogP contribution >= 0.6 is 0 Å². The molecule has 13 heavy (non-hydrogen) atoms. The van der Waals surface area contributed by atoms with Gasteiger partial charge in [-0.25, -0.2) is 0 Å². The predicted molar refractivity (Wildman–Crippen MR) is 50.1 cm³/mol. The van der Waals surface area contributed by atoms with E-state index in [1.54, 1.807) is 7.11 Å². The first-order valence-corrected chi connectivity index (χ1v) is 4.13. The number of methoxy groups -OCH3 is 1. The van der Waals surface area contributed by atoms with Crippen molar-refractivity contribution in [2.45, 2.75) is 12.6 Å². The van der Waals surface area contributed by atoms with Gasteiger partial charge < -0.3 is 10.1 Å². The maximum absolute atomic E-state index is 10.2. The fraction of sp³-hybridized carbons (Fsp3) is 0.300. The van der Waals surface area contributed by atoms with Crippen LogP contribution in [0.2, 0.25) is 0 Å². The Balaban J connectivity index is 2.51. The van der Waals surface area contributed by atoms with Crippen molar-refractivity contribution in [1.82, 2.24) is 5.32 Å². The first kappa shape index (κ1) is 9.74. The largest absolute Gasteiger partial charge is 0.361 e. The molecule has 0 heterocycles. The van der Waals surface area contributed by atoms with Crippen LogP contribution in [0.3, 0.4) is 0 Å². The summed E-state index contributed by atoms with van der Waals surface area (Å²) in [6.45, 7) is 0. The number of carbonyl (C=O) groups excluding carboxylic acids is 1. The van der Waals surface area contributed by atoms with Crippen LogP contribution in [0.5, 0.6) is 0 Å². The highest BCUT2D eigenvalue weighted by molar-refractivity contribution is 5.46. The van der Waals surface area contributed by atoms with E-state index in [0.29, 0.717) is 12.8 Å². The molecule has 1 rings (SSSR count). The molecule has 1 N–H and O–H groups in total. The number of hydrogen-bond acceptors (Lipinski definition) is 2. The van der Waals surface area contributed by atoms with Gasteiger partial charge in [0.2, 0.25) is 6.41 Å². The SMILES string of the molecule is COC(Cc1ccccc1)NC=O. The van der Waals surface area contributed by atoms with Crippen molar-refractivity contribution in [1.29, 1.82) is 0 Å². The second-order valence-corrected chi connectivity index (χ2v) is 2.70. The van der Waals surface area contributed by atoms with Crippen molar-refractivity contribution in [3.8, 4) is 0 Å². The van der Waals surface area contributed by atoms with Crippen molar-refractivity contribution in [3.05, 3.63) is 35.9 Å². The number of amides is 1.